The number of hydrogen-bond acceptors (Lipinski definition) is 8. The summed E-state index contributed by atoms with van der Waals surface area (Å²) in [4.78, 5) is 41.8. The highest BCUT2D eigenvalue weighted by Gasteiger charge is 2.22. The van der Waals surface area contributed by atoms with Crippen molar-refractivity contribution in [2.45, 2.75) is 17.3 Å². The van der Waals surface area contributed by atoms with E-state index in [4.69, 9.17) is 4.74 Å². The lowest BCUT2D eigenvalue weighted by Crippen LogP contribution is -2.25. The molecule has 1 N–H and O–H groups in total. The molecule has 0 spiro atoms. The maximum atomic E-state index is 13.2. The molecule has 0 saturated heterocycles. The fourth-order valence-electron chi connectivity index (χ4n) is 3.34. The van der Waals surface area contributed by atoms with E-state index in [-0.39, 0.29) is 16.9 Å². The summed E-state index contributed by atoms with van der Waals surface area (Å²) in [5.41, 5.74) is 1.59. The summed E-state index contributed by atoms with van der Waals surface area (Å²) in [5, 5.41) is 16.0. The summed E-state index contributed by atoms with van der Waals surface area (Å²) in [7, 11) is 3.03. The minimum absolute atomic E-state index is 0.169. The third kappa shape index (κ3) is 4.52. The van der Waals surface area contributed by atoms with Gasteiger partial charge in [0.05, 0.1) is 28.4 Å². The van der Waals surface area contributed by atoms with Crippen molar-refractivity contribution >= 4 is 50.6 Å². The second kappa shape index (κ2) is 9.65. The molecule has 0 aliphatic carbocycles. The molecule has 0 fully saturated rings. The largest absolute Gasteiger partial charge is 0.495 e. The molecule has 0 saturated carbocycles. The highest BCUT2D eigenvalue weighted by atomic mass is 32.2. The number of nitrogens with zero attached hydrogens (tertiary/aromatic N) is 3. The number of aromatic nitrogens is 2. The van der Waals surface area contributed by atoms with Gasteiger partial charge in [0, 0.05) is 30.1 Å². The summed E-state index contributed by atoms with van der Waals surface area (Å²) in [6, 6.07) is 13.6. The fraction of sp³-hybridized carbons (Fsp3) is 0.174. The maximum Gasteiger partial charge on any atom is 0.271 e. The molecule has 4 rings (SSSR count). The van der Waals surface area contributed by atoms with E-state index < -0.39 is 16.1 Å². The van der Waals surface area contributed by atoms with Gasteiger partial charge in [0.15, 0.2) is 5.16 Å². The first-order valence-electron chi connectivity index (χ1n) is 10.1. The zero-order valence-electron chi connectivity index (χ0n) is 18.5. The SMILES string of the molecule is COc1ccc([N+](=O)[O-])cc1NC(=O)C(C)Sc1nc2scc(-c3ccccc3)c2c(=O)n1C. The number of nitrogens with one attached hydrogen (secondary N) is 1. The van der Waals surface area contributed by atoms with Gasteiger partial charge in [0.1, 0.15) is 10.6 Å². The third-order valence-corrected chi connectivity index (χ3v) is 7.18. The first-order valence-corrected chi connectivity index (χ1v) is 11.9. The third-order valence-electron chi connectivity index (χ3n) is 5.16. The van der Waals surface area contributed by atoms with Crippen LogP contribution in [0, 0.1) is 10.1 Å². The number of thiophene rings is 1. The minimum atomic E-state index is -0.645. The van der Waals surface area contributed by atoms with Crippen LogP contribution in [0.1, 0.15) is 6.92 Å². The summed E-state index contributed by atoms with van der Waals surface area (Å²) in [6.07, 6.45) is 0. The average Bonchev–Trinajstić information content (AvgIpc) is 3.26. The first kappa shape index (κ1) is 23.5. The molecule has 1 unspecified atom stereocenters. The van der Waals surface area contributed by atoms with Crippen molar-refractivity contribution in [2.24, 2.45) is 7.05 Å². The number of rotatable bonds is 7. The molecule has 1 atom stereocenters. The smallest absolute Gasteiger partial charge is 0.271 e. The molecule has 11 heteroatoms. The van der Waals surface area contributed by atoms with Crippen molar-refractivity contribution in [3.05, 3.63) is 74.4 Å². The van der Waals surface area contributed by atoms with E-state index in [1.807, 2.05) is 35.7 Å². The maximum absolute atomic E-state index is 13.2. The molecule has 0 radical (unpaired) electrons. The van der Waals surface area contributed by atoms with Gasteiger partial charge in [0.25, 0.3) is 11.2 Å². The van der Waals surface area contributed by atoms with Crippen LogP contribution in [0.4, 0.5) is 11.4 Å². The summed E-state index contributed by atoms with van der Waals surface area (Å²) < 4.78 is 6.63. The number of nitro groups is 1. The number of non-ortho nitro benzene ring substituents is 1. The van der Waals surface area contributed by atoms with Crippen LogP contribution < -0.4 is 15.6 Å². The van der Waals surface area contributed by atoms with Gasteiger partial charge in [-0.1, -0.05) is 42.1 Å². The number of fused-ring (bicyclic) bond motifs is 1. The summed E-state index contributed by atoms with van der Waals surface area (Å²) >= 11 is 2.50. The lowest BCUT2D eigenvalue weighted by atomic mass is 10.1. The van der Waals surface area contributed by atoms with E-state index in [0.717, 1.165) is 22.9 Å². The molecule has 0 bridgehead atoms. The van der Waals surface area contributed by atoms with Crippen LogP contribution in [0.2, 0.25) is 0 Å². The van der Waals surface area contributed by atoms with Crippen LogP contribution in [0.3, 0.4) is 0 Å². The van der Waals surface area contributed by atoms with E-state index in [1.165, 1.54) is 41.2 Å². The standard InChI is InChI=1S/C23H20N4O5S2/c1-13(20(28)24-17-11-15(27(30)31)9-10-18(17)32-3)34-23-25-21-19(22(29)26(23)2)16(12-33-21)14-7-5-4-6-8-14/h4-13H,1-3H3,(H,24,28). The number of thioether (sulfide) groups is 1. The lowest BCUT2D eigenvalue weighted by molar-refractivity contribution is -0.384. The second-order valence-electron chi connectivity index (χ2n) is 7.35. The number of hydrogen-bond donors (Lipinski definition) is 1. The van der Waals surface area contributed by atoms with E-state index >= 15 is 0 Å². The Morgan fingerprint density at radius 2 is 2.00 bits per heavy atom. The Morgan fingerprint density at radius 3 is 2.68 bits per heavy atom. The molecule has 2 aromatic carbocycles. The van der Waals surface area contributed by atoms with Gasteiger partial charge < -0.3 is 10.1 Å². The van der Waals surface area contributed by atoms with Crippen LogP contribution in [0.15, 0.2) is 63.9 Å². The van der Waals surface area contributed by atoms with Gasteiger partial charge in [-0.25, -0.2) is 4.98 Å². The number of carbonyl (C=O) groups excluding carboxylic acids is 1. The highest BCUT2D eigenvalue weighted by Crippen LogP contribution is 2.33. The molecule has 9 nitrogen and oxygen atoms in total. The fourth-order valence-corrected chi connectivity index (χ4v) is 5.20. The van der Waals surface area contributed by atoms with Crippen LogP contribution >= 0.6 is 23.1 Å². The van der Waals surface area contributed by atoms with E-state index in [1.54, 1.807) is 14.0 Å². The molecular formula is C23H20N4O5S2. The molecule has 4 aromatic rings. The Bertz CT molecular complexity index is 1450. The highest BCUT2D eigenvalue weighted by molar-refractivity contribution is 8.00. The number of carbonyl (C=O) groups is 1. The Hall–Kier alpha value is -3.70. The summed E-state index contributed by atoms with van der Waals surface area (Å²) in [5.74, 6) is -0.107. The number of anilines is 1. The Balaban J connectivity index is 1.60. The molecule has 34 heavy (non-hydrogen) atoms. The first-order chi connectivity index (χ1) is 16.3. The Kier molecular flexibility index (Phi) is 6.66. The molecule has 1 amide bonds. The number of nitro benzene ring substituents is 1. The van der Waals surface area contributed by atoms with Gasteiger partial charge in [-0.2, -0.15) is 0 Å². The zero-order chi connectivity index (χ0) is 24.4. The number of ether oxygens (including phenoxy) is 1. The van der Waals surface area contributed by atoms with Crippen molar-refractivity contribution in [3.63, 3.8) is 0 Å². The van der Waals surface area contributed by atoms with Gasteiger partial charge in [-0.15, -0.1) is 11.3 Å². The second-order valence-corrected chi connectivity index (χ2v) is 9.51. The summed E-state index contributed by atoms with van der Waals surface area (Å²) in [6.45, 7) is 1.67. The van der Waals surface area contributed by atoms with E-state index in [2.05, 4.69) is 10.3 Å². The van der Waals surface area contributed by atoms with Crippen LogP contribution in [0.25, 0.3) is 21.3 Å². The molecular weight excluding hydrogens is 476 g/mol. The van der Waals surface area contributed by atoms with Gasteiger partial charge in [-0.05, 0) is 18.6 Å². The lowest BCUT2D eigenvalue weighted by Gasteiger charge is -2.15. The zero-order valence-corrected chi connectivity index (χ0v) is 20.1. The topological polar surface area (TPSA) is 116 Å². The molecule has 2 aromatic heterocycles. The Morgan fingerprint density at radius 1 is 1.26 bits per heavy atom. The predicted octanol–water partition coefficient (Wildman–Crippen LogP) is 4.70. The van der Waals surface area contributed by atoms with Gasteiger partial charge in [-0.3, -0.25) is 24.3 Å². The minimum Gasteiger partial charge on any atom is -0.495 e. The number of benzene rings is 2. The number of methoxy groups -OCH3 is 1. The number of amides is 1. The van der Waals surface area contributed by atoms with E-state index in [9.17, 15) is 19.7 Å². The molecule has 2 heterocycles. The molecule has 174 valence electrons. The average molecular weight is 497 g/mol. The van der Waals surface area contributed by atoms with E-state index in [0.29, 0.717) is 21.1 Å². The van der Waals surface area contributed by atoms with Crippen LogP contribution in [-0.2, 0) is 11.8 Å². The molecule has 0 aliphatic rings. The normalized spacial score (nSPS) is 11.9. The van der Waals surface area contributed by atoms with Gasteiger partial charge in [0.2, 0.25) is 5.91 Å². The van der Waals surface area contributed by atoms with Crippen LogP contribution in [-0.4, -0.2) is 32.7 Å². The quantitative estimate of drug-likeness (QED) is 0.171. The van der Waals surface area contributed by atoms with Crippen molar-refractivity contribution in [2.75, 3.05) is 12.4 Å². The Labute approximate surface area is 202 Å². The van der Waals surface area contributed by atoms with Crippen molar-refractivity contribution in [3.8, 4) is 16.9 Å². The van der Waals surface area contributed by atoms with Crippen LogP contribution in [0.5, 0.6) is 5.75 Å². The van der Waals surface area contributed by atoms with Gasteiger partial charge >= 0.3 is 0 Å². The van der Waals surface area contributed by atoms with Crippen molar-refractivity contribution in [1.29, 1.82) is 0 Å². The van der Waals surface area contributed by atoms with Crippen molar-refractivity contribution < 1.29 is 14.5 Å². The monoisotopic (exact) mass is 496 g/mol. The molecule has 0 aliphatic heterocycles. The van der Waals surface area contributed by atoms with Crippen molar-refractivity contribution in [1.82, 2.24) is 9.55 Å². The predicted molar refractivity (Wildman–Crippen MR) is 134 cm³/mol.